The molecule has 0 fully saturated rings. The third kappa shape index (κ3) is 5.11. The van der Waals surface area contributed by atoms with Gasteiger partial charge in [-0.3, -0.25) is 15.1 Å². The number of nitrogens with two attached hydrogens (primary N) is 1. The summed E-state index contributed by atoms with van der Waals surface area (Å²) in [6.07, 6.45) is 8.49. The van der Waals surface area contributed by atoms with Crippen molar-refractivity contribution in [3.8, 4) is 0 Å². The molecule has 0 bridgehead atoms. The highest BCUT2D eigenvalue weighted by molar-refractivity contribution is 6.33. The molecular formula is C18H18ClN5O3. The second-order valence-electron chi connectivity index (χ2n) is 5.08. The van der Waals surface area contributed by atoms with Crippen LogP contribution >= 0.6 is 11.6 Å². The van der Waals surface area contributed by atoms with E-state index in [9.17, 15) is 10.1 Å². The van der Waals surface area contributed by atoms with Gasteiger partial charge in [-0.2, -0.15) is 4.98 Å². The van der Waals surface area contributed by atoms with Crippen LogP contribution in [0.4, 0.5) is 5.69 Å². The summed E-state index contributed by atoms with van der Waals surface area (Å²) in [6.45, 7) is 4.00. The number of aliphatic imine (C=N–C) groups is 1. The highest BCUT2D eigenvalue weighted by Gasteiger charge is 2.11. The zero-order chi connectivity index (χ0) is 19.8. The van der Waals surface area contributed by atoms with Crippen molar-refractivity contribution in [2.24, 2.45) is 10.7 Å². The van der Waals surface area contributed by atoms with Gasteiger partial charge in [-0.15, -0.1) is 0 Å². The average molecular weight is 388 g/mol. The second kappa shape index (κ2) is 9.44. The minimum absolute atomic E-state index is 0.0646. The number of nitro benzene ring substituents is 1. The molecule has 1 aromatic heterocycles. The molecule has 8 nitrogen and oxygen atoms in total. The van der Waals surface area contributed by atoms with Crippen molar-refractivity contribution >= 4 is 29.1 Å². The Morgan fingerprint density at radius 2 is 2.15 bits per heavy atom. The Bertz CT molecular complexity index is 930. The van der Waals surface area contributed by atoms with Gasteiger partial charge in [0.1, 0.15) is 0 Å². The van der Waals surface area contributed by atoms with Gasteiger partial charge < -0.3 is 10.3 Å². The predicted octanol–water partition coefficient (Wildman–Crippen LogP) is 4.29. The number of halogens is 1. The Kier molecular flexibility index (Phi) is 7.01. The minimum atomic E-state index is -0.492. The Morgan fingerprint density at radius 1 is 1.37 bits per heavy atom. The first-order chi connectivity index (χ1) is 13.0. The maximum absolute atomic E-state index is 10.9. The van der Waals surface area contributed by atoms with E-state index < -0.39 is 4.92 Å². The van der Waals surface area contributed by atoms with Crippen LogP contribution in [0.1, 0.15) is 31.7 Å². The molecule has 1 heterocycles. The van der Waals surface area contributed by atoms with Crippen LogP contribution in [0.15, 0.2) is 63.7 Å². The van der Waals surface area contributed by atoms with Crippen LogP contribution in [0.3, 0.4) is 0 Å². The van der Waals surface area contributed by atoms with Gasteiger partial charge in [-0.05, 0) is 18.6 Å². The van der Waals surface area contributed by atoms with Crippen LogP contribution in [-0.2, 0) is 0 Å². The topological polar surface area (TPSA) is 120 Å². The molecule has 0 atom stereocenters. The second-order valence-corrected chi connectivity index (χ2v) is 5.49. The van der Waals surface area contributed by atoms with Crippen molar-refractivity contribution < 1.29 is 9.45 Å². The number of nitrogens with zero attached hydrogens (tertiary/aromatic N) is 4. The van der Waals surface area contributed by atoms with E-state index >= 15 is 0 Å². The number of allylic oxidation sites excluding steroid dienone is 4. The van der Waals surface area contributed by atoms with Crippen molar-refractivity contribution in [1.29, 1.82) is 0 Å². The Labute approximate surface area is 160 Å². The summed E-state index contributed by atoms with van der Waals surface area (Å²) in [5, 5.41) is 15.0. The Morgan fingerprint density at radius 3 is 2.81 bits per heavy atom. The minimum Gasteiger partial charge on any atom is -0.397 e. The lowest BCUT2D eigenvalue weighted by Gasteiger charge is -2.01. The summed E-state index contributed by atoms with van der Waals surface area (Å²) in [5.74, 6) is 0.479. The highest BCUT2D eigenvalue weighted by Crippen LogP contribution is 2.24. The van der Waals surface area contributed by atoms with E-state index in [1.807, 2.05) is 19.9 Å². The van der Waals surface area contributed by atoms with Crippen molar-refractivity contribution in [3.63, 3.8) is 0 Å². The molecule has 9 heteroatoms. The molecule has 0 aliphatic heterocycles. The van der Waals surface area contributed by atoms with E-state index in [0.717, 1.165) is 5.57 Å². The number of benzene rings is 1. The molecule has 3 rings (SSSR count). The number of aromatic nitrogens is 2. The fourth-order valence-corrected chi connectivity index (χ4v) is 2.32. The number of rotatable bonds is 4. The van der Waals surface area contributed by atoms with Gasteiger partial charge in [0.15, 0.2) is 5.82 Å². The zero-order valence-electron chi connectivity index (χ0n) is 14.8. The SMILES string of the molecule is CC.NC1=CC=C(c2ncon2)CC=C1N=Cc1cc([N+](=O)[O-])ccc1Cl. The monoisotopic (exact) mass is 387 g/mol. The van der Waals surface area contributed by atoms with Crippen molar-refractivity contribution in [2.75, 3.05) is 0 Å². The van der Waals surface area contributed by atoms with E-state index in [1.54, 1.807) is 12.2 Å². The first-order valence-electron chi connectivity index (χ1n) is 8.16. The lowest BCUT2D eigenvalue weighted by atomic mass is 10.1. The smallest absolute Gasteiger partial charge is 0.270 e. The van der Waals surface area contributed by atoms with Crippen molar-refractivity contribution in [2.45, 2.75) is 20.3 Å². The van der Waals surface area contributed by atoms with Gasteiger partial charge in [0.05, 0.1) is 16.3 Å². The first kappa shape index (κ1) is 20.1. The summed E-state index contributed by atoms with van der Waals surface area (Å²) in [7, 11) is 0. The molecule has 0 spiro atoms. The van der Waals surface area contributed by atoms with E-state index in [-0.39, 0.29) is 5.69 Å². The van der Waals surface area contributed by atoms with Crippen LogP contribution < -0.4 is 5.73 Å². The van der Waals surface area contributed by atoms with E-state index in [0.29, 0.717) is 34.2 Å². The Hall–Kier alpha value is -3.26. The quantitative estimate of drug-likeness (QED) is 0.474. The summed E-state index contributed by atoms with van der Waals surface area (Å²) >= 11 is 6.06. The standard InChI is InChI=1S/C16H12ClN5O3.C2H6/c17-13-4-3-12(22(23)24)7-11(13)8-19-15-6-2-10(1-5-14(15)18)16-20-9-25-21-16;1-2/h1,3-9H,2,18H2;1-2H3. The van der Waals surface area contributed by atoms with Crippen LogP contribution in [0.5, 0.6) is 0 Å². The first-order valence-corrected chi connectivity index (χ1v) is 8.54. The molecule has 0 saturated carbocycles. The molecule has 0 radical (unpaired) electrons. The van der Waals surface area contributed by atoms with Gasteiger partial charge in [0.2, 0.25) is 6.39 Å². The number of nitro groups is 1. The molecule has 2 N–H and O–H groups in total. The van der Waals surface area contributed by atoms with Crippen molar-refractivity contribution in [3.05, 3.63) is 80.7 Å². The summed E-state index contributed by atoms with van der Waals surface area (Å²) in [4.78, 5) is 18.7. The zero-order valence-corrected chi connectivity index (χ0v) is 15.6. The molecule has 0 saturated heterocycles. The number of hydrogen-bond donors (Lipinski definition) is 1. The van der Waals surface area contributed by atoms with Gasteiger partial charge in [0.25, 0.3) is 5.69 Å². The maximum atomic E-state index is 10.9. The predicted molar refractivity (Wildman–Crippen MR) is 104 cm³/mol. The van der Waals surface area contributed by atoms with E-state index in [1.165, 1.54) is 30.8 Å². The molecule has 0 unspecified atom stereocenters. The fraction of sp³-hybridized carbons (Fsp3) is 0.167. The molecule has 1 aliphatic rings. The lowest BCUT2D eigenvalue weighted by Crippen LogP contribution is -1.99. The van der Waals surface area contributed by atoms with Gasteiger partial charge >= 0.3 is 0 Å². The molecule has 0 amide bonds. The lowest BCUT2D eigenvalue weighted by molar-refractivity contribution is -0.384. The van der Waals surface area contributed by atoms with Gasteiger partial charge in [0, 0.05) is 34.5 Å². The van der Waals surface area contributed by atoms with E-state index in [2.05, 4.69) is 15.1 Å². The maximum Gasteiger partial charge on any atom is 0.270 e. The van der Waals surface area contributed by atoms with Gasteiger partial charge in [-0.1, -0.05) is 42.8 Å². The third-order valence-electron chi connectivity index (χ3n) is 3.46. The molecule has 1 aliphatic carbocycles. The largest absolute Gasteiger partial charge is 0.397 e. The molecule has 140 valence electrons. The molecular weight excluding hydrogens is 370 g/mol. The fourth-order valence-electron chi connectivity index (χ4n) is 2.16. The third-order valence-corrected chi connectivity index (χ3v) is 3.80. The average Bonchev–Trinajstić information content (AvgIpc) is 3.14. The molecule has 2 aromatic rings. The van der Waals surface area contributed by atoms with Gasteiger partial charge in [-0.25, -0.2) is 0 Å². The van der Waals surface area contributed by atoms with Crippen LogP contribution in [0, 0.1) is 10.1 Å². The normalized spacial score (nSPS) is 13.8. The summed E-state index contributed by atoms with van der Waals surface area (Å²) in [5.41, 5.74) is 8.17. The Balaban J connectivity index is 0.00000126. The number of hydrogen-bond acceptors (Lipinski definition) is 7. The number of non-ortho nitro benzene ring substituents is 1. The highest BCUT2D eigenvalue weighted by atomic mass is 35.5. The summed E-state index contributed by atoms with van der Waals surface area (Å²) < 4.78 is 4.74. The van der Waals surface area contributed by atoms with Crippen LogP contribution in [-0.4, -0.2) is 21.3 Å². The van der Waals surface area contributed by atoms with E-state index in [4.69, 9.17) is 21.9 Å². The molecule has 1 aromatic carbocycles. The van der Waals surface area contributed by atoms with Crippen molar-refractivity contribution in [1.82, 2.24) is 10.1 Å². The summed E-state index contributed by atoms with van der Waals surface area (Å²) in [6, 6.07) is 4.14. The molecule has 27 heavy (non-hydrogen) atoms. The van der Waals surface area contributed by atoms with Crippen LogP contribution in [0.2, 0.25) is 5.02 Å². The van der Waals surface area contributed by atoms with Crippen LogP contribution in [0.25, 0.3) is 5.57 Å².